The number of halogens is 2. The van der Waals surface area contributed by atoms with E-state index in [9.17, 15) is 18.4 Å². The number of carboxylic acids is 1. The van der Waals surface area contributed by atoms with Crippen molar-refractivity contribution in [1.82, 2.24) is 10.6 Å². The zero-order chi connectivity index (χ0) is 15.1. The van der Waals surface area contributed by atoms with E-state index in [1.54, 1.807) is 0 Å². The van der Waals surface area contributed by atoms with E-state index in [1.807, 2.05) is 0 Å². The SMILES string of the molecule is O=C(NCc1cc(F)ccc1F)N[C@H](CCO)C(=O)O. The summed E-state index contributed by atoms with van der Waals surface area (Å²) < 4.78 is 26.2. The molecule has 6 nitrogen and oxygen atoms in total. The van der Waals surface area contributed by atoms with Gasteiger partial charge in [0.2, 0.25) is 0 Å². The number of aliphatic carboxylic acids is 1. The van der Waals surface area contributed by atoms with Crippen molar-refractivity contribution >= 4 is 12.0 Å². The van der Waals surface area contributed by atoms with Crippen molar-refractivity contribution in [2.75, 3.05) is 6.61 Å². The van der Waals surface area contributed by atoms with Gasteiger partial charge in [-0.3, -0.25) is 0 Å². The third-order valence-electron chi connectivity index (χ3n) is 2.47. The van der Waals surface area contributed by atoms with Gasteiger partial charge in [-0.2, -0.15) is 0 Å². The highest BCUT2D eigenvalue weighted by Gasteiger charge is 2.19. The largest absolute Gasteiger partial charge is 0.480 e. The van der Waals surface area contributed by atoms with Gasteiger partial charge >= 0.3 is 12.0 Å². The molecule has 0 saturated heterocycles. The predicted octanol–water partition coefficient (Wildman–Crippen LogP) is 0.600. The highest BCUT2D eigenvalue weighted by molar-refractivity contribution is 5.82. The first-order valence-electron chi connectivity index (χ1n) is 5.76. The average molecular weight is 288 g/mol. The van der Waals surface area contributed by atoms with Crippen LogP contribution in [0.4, 0.5) is 13.6 Å². The minimum atomic E-state index is -1.30. The number of benzene rings is 1. The van der Waals surface area contributed by atoms with E-state index in [2.05, 4.69) is 10.6 Å². The van der Waals surface area contributed by atoms with E-state index in [4.69, 9.17) is 10.2 Å². The maximum absolute atomic E-state index is 13.3. The van der Waals surface area contributed by atoms with Crippen molar-refractivity contribution in [1.29, 1.82) is 0 Å². The molecule has 0 aliphatic rings. The van der Waals surface area contributed by atoms with Crippen LogP contribution in [-0.4, -0.2) is 34.9 Å². The molecular formula is C12H14F2N2O4. The molecule has 1 rings (SSSR count). The van der Waals surface area contributed by atoms with Crippen molar-refractivity contribution in [3.63, 3.8) is 0 Å². The molecule has 0 unspecified atom stereocenters. The Labute approximate surface area is 113 Å². The molecule has 1 atom stereocenters. The molecule has 0 aliphatic heterocycles. The number of amides is 2. The molecule has 0 heterocycles. The number of carbonyl (C=O) groups excluding carboxylic acids is 1. The van der Waals surface area contributed by atoms with Gasteiger partial charge in [-0.15, -0.1) is 0 Å². The fraction of sp³-hybridized carbons (Fsp3) is 0.333. The molecule has 2 amide bonds. The molecule has 0 fully saturated rings. The third kappa shape index (κ3) is 4.81. The Kier molecular flexibility index (Phi) is 5.85. The fourth-order valence-electron chi connectivity index (χ4n) is 1.45. The lowest BCUT2D eigenvalue weighted by atomic mass is 10.2. The monoisotopic (exact) mass is 288 g/mol. The lowest BCUT2D eigenvalue weighted by Crippen LogP contribution is -2.46. The van der Waals surface area contributed by atoms with Crippen LogP contribution in [0.15, 0.2) is 18.2 Å². The first-order valence-corrected chi connectivity index (χ1v) is 5.76. The average Bonchev–Trinajstić information content (AvgIpc) is 2.39. The van der Waals surface area contributed by atoms with Crippen LogP contribution in [0.1, 0.15) is 12.0 Å². The van der Waals surface area contributed by atoms with E-state index < -0.39 is 36.3 Å². The van der Waals surface area contributed by atoms with Crippen LogP contribution in [0.2, 0.25) is 0 Å². The van der Waals surface area contributed by atoms with Gasteiger partial charge < -0.3 is 20.8 Å². The normalized spacial score (nSPS) is 11.8. The zero-order valence-electron chi connectivity index (χ0n) is 10.4. The van der Waals surface area contributed by atoms with Crippen LogP contribution in [-0.2, 0) is 11.3 Å². The topological polar surface area (TPSA) is 98.7 Å². The molecule has 0 aliphatic carbocycles. The van der Waals surface area contributed by atoms with Crippen LogP contribution in [0, 0.1) is 11.6 Å². The van der Waals surface area contributed by atoms with Crippen molar-refractivity contribution in [2.45, 2.75) is 19.0 Å². The summed E-state index contributed by atoms with van der Waals surface area (Å²) >= 11 is 0. The van der Waals surface area contributed by atoms with E-state index in [0.29, 0.717) is 0 Å². The summed E-state index contributed by atoms with van der Waals surface area (Å²) in [6.07, 6.45) is -0.156. The van der Waals surface area contributed by atoms with Gasteiger partial charge in [0, 0.05) is 25.1 Å². The number of urea groups is 1. The minimum Gasteiger partial charge on any atom is -0.480 e. The summed E-state index contributed by atoms with van der Waals surface area (Å²) in [5.41, 5.74) is -0.0609. The zero-order valence-corrected chi connectivity index (χ0v) is 10.4. The van der Waals surface area contributed by atoms with Crippen LogP contribution in [0.3, 0.4) is 0 Å². The van der Waals surface area contributed by atoms with Gasteiger partial charge in [0.1, 0.15) is 17.7 Å². The van der Waals surface area contributed by atoms with Crippen LogP contribution in [0.25, 0.3) is 0 Å². The number of aliphatic hydroxyl groups excluding tert-OH is 1. The maximum Gasteiger partial charge on any atom is 0.326 e. The standard InChI is InChI=1S/C12H14F2N2O4/c13-8-1-2-9(14)7(5-8)6-15-12(20)16-10(3-4-17)11(18)19/h1-2,5,10,17H,3-4,6H2,(H,18,19)(H2,15,16,20)/t10-/m1/s1. The number of hydrogen-bond acceptors (Lipinski definition) is 3. The van der Waals surface area contributed by atoms with Gasteiger partial charge in [0.05, 0.1) is 0 Å². The Bertz CT molecular complexity index is 496. The van der Waals surface area contributed by atoms with E-state index in [-0.39, 0.29) is 18.5 Å². The van der Waals surface area contributed by atoms with Gasteiger partial charge in [0.15, 0.2) is 0 Å². The Morgan fingerprint density at radius 3 is 2.60 bits per heavy atom. The molecule has 4 N–H and O–H groups in total. The highest BCUT2D eigenvalue weighted by atomic mass is 19.1. The van der Waals surface area contributed by atoms with Crippen molar-refractivity contribution in [3.8, 4) is 0 Å². The molecule has 0 aromatic heterocycles. The summed E-state index contributed by atoms with van der Waals surface area (Å²) in [4.78, 5) is 22.2. The first kappa shape index (κ1) is 15.8. The van der Waals surface area contributed by atoms with Gasteiger partial charge in [-0.1, -0.05) is 0 Å². The molecule has 1 aromatic rings. The van der Waals surface area contributed by atoms with E-state index >= 15 is 0 Å². The van der Waals surface area contributed by atoms with Crippen LogP contribution in [0.5, 0.6) is 0 Å². The minimum absolute atomic E-state index is 0.0609. The molecule has 0 radical (unpaired) electrons. The second-order valence-corrected chi connectivity index (χ2v) is 3.97. The molecule has 0 saturated carbocycles. The van der Waals surface area contributed by atoms with Crippen molar-refractivity contribution in [3.05, 3.63) is 35.4 Å². The molecule has 0 spiro atoms. The predicted molar refractivity (Wildman–Crippen MR) is 64.9 cm³/mol. The molecule has 110 valence electrons. The Balaban J connectivity index is 2.54. The fourth-order valence-corrected chi connectivity index (χ4v) is 1.45. The quantitative estimate of drug-likeness (QED) is 0.616. The second-order valence-electron chi connectivity index (χ2n) is 3.97. The Morgan fingerprint density at radius 1 is 1.30 bits per heavy atom. The lowest BCUT2D eigenvalue weighted by molar-refractivity contribution is -0.139. The smallest absolute Gasteiger partial charge is 0.326 e. The van der Waals surface area contributed by atoms with Gasteiger partial charge in [0.25, 0.3) is 0 Å². The lowest BCUT2D eigenvalue weighted by Gasteiger charge is -2.14. The first-order chi connectivity index (χ1) is 9.43. The number of carboxylic acid groups (broad SMARTS) is 1. The number of hydrogen-bond donors (Lipinski definition) is 4. The highest BCUT2D eigenvalue weighted by Crippen LogP contribution is 2.09. The Morgan fingerprint density at radius 2 is 2.00 bits per heavy atom. The van der Waals surface area contributed by atoms with Crippen LogP contribution >= 0.6 is 0 Å². The van der Waals surface area contributed by atoms with Gasteiger partial charge in [-0.05, 0) is 18.2 Å². The molecule has 8 heteroatoms. The summed E-state index contributed by atoms with van der Waals surface area (Å²) in [5, 5.41) is 21.7. The molecule has 0 bridgehead atoms. The summed E-state index contributed by atoms with van der Waals surface area (Å²) in [7, 11) is 0. The second kappa shape index (κ2) is 7.39. The number of nitrogens with one attached hydrogen (secondary N) is 2. The molecule has 1 aromatic carbocycles. The van der Waals surface area contributed by atoms with Gasteiger partial charge in [-0.25, -0.2) is 18.4 Å². The Hall–Kier alpha value is -2.22. The summed E-state index contributed by atoms with van der Waals surface area (Å²) in [6.45, 7) is -0.698. The maximum atomic E-state index is 13.3. The third-order valence-corrected chi connectivity index (χ3v) is 2.47. The number of carbonyl (C=O) groups is 2. The van der Waals surface area contributed by atoms with E-state index in [0.717, 1.165) is 18.2 Å². The summed E-state index contributed by atoms with van der Waals surface area (Å²) in [6, 6.07) is 0.696. The molecular weight excluding hydrogens is 274 g/mol. The van der Waals surface area contributed by atoms with Crippen molar-refractivity contribution in [2.24, 2.45) is 0 Å². The number of rotatable bonds is 6. The van der Waals surface area contributed by atoms with Crippen LogP contribution < -0.4 is 10.6 Å². The van der Waals surface area contributed by atoms with E-state index in [1.165, 1.54) is 0 Å². The van der Waals surface area contributed by atoms with Crippen molar-refractivity contribution < 1.29 is 28.6 Å². The summed E-state index contributed by atoms with van der Waals surface area (Å²) in [5.74, 6) is -2.63. The molecule has 20 heavy (non-hydrogen) atoms. The number of aliphatic hydroxyl groups is 1.